The van der Waals surface area contributed by atoms with E-state index in [0.717, 1.165) is 17.4 Å². The van der Waals surface area contributed by atoms with Gasteiger partial charge in [0.25, 0.3) is 5.56 Å². The van der Waals surface area contributed by atoms with Gasteiger partial charge in [0.1, 0.15) is 11.6 Å². The SMILES string of the molecule is O=C(NCCc1nc(O)cc(=O)[nH]1)C1CCOc2ccccc2C1. The van der Waals surface area contributed by atoms with Crippen molar-refractivity contribution in [1.82, 2.24) is 15.3 Å². The van der Waals surface area contributed by atoms with Crippen LogP contribution in [0, 0.1) is 5.92 Å². The number of hydrogen-bond acceptors (Lipinski definition) is 5. The van der Waals surface area contributed by atoms with Crippen molar-refractivity contribution in [2.75, 3.05) is 13.2 Å². The molecule has 0 saturated heterocycles. The fourth-order valence-corrected chi connectivity index (χ4v) is 2.78. The van der Waals surface area contributed by atoms with E-state index in [1.807, 2.05) is 24.3 Å². The smallest absolute Gasteiger partial charge is 0.254 e. The van der Waals surface area contributed by atoms with Gasteiger partial charge in [-0.25, -0.2) is 4.98 Å². The number of carbonyl (C=O) groups is 1. The summed E-state index contributed by atoms with van der Waals surface area (Å²) in [5, 5.41) is 12.2. The molecule has 0 saturated carbocycles. The predicted molar refractivity (Wildman–Crippen MR) is 87.0 cm³/mol. The quantitative estimate of drug-likeness (QED) is 0.769. The van der Waals surface area contributed by atoms with Crippen LogP contribution in [0.2, 0.25) is 0 Å². The van der Waals surface area contributed by atoms with E-state index >= 15 is 0 Å². The molecule has 1 atom stereocenters. The first-order chi connectivity index (χ1) is 11.6. The van der Waals surface area contributed by atoms with Gasteiger partial charge in [-0.3, -0.25) is 9.59 Å². The molecule has 24 heavy (non-hydrogen) atoms. The van der Waals surface area contributed by atoms with Gasteiger partial charge in [0.05, 0.1) is 12.7 Å². The van der Waals surface area contributed by atoms with Gasteiger partial charge in [-0.1, -0.05) is 18.2 Å². The van der Waals surface area contributed by atoms with Gasteiger partial charge in [-0.2, -0.15) is 0 Å². The number of rotatable bonds is 4. The Kier molecular flexibility index (Phi) is 4.79. The van der Waals surface area contributed by atoms with Crippen LogP contribution in [0.25, 0.3) is 0 Å². The molecule has 1 amide bonds. The zero-order chi connectivity index (χ0) is 16.9. The first-order valence-electron chi connectivity index (χ1n) is 7.89. The third-order valence-corrected chi connectivity index (χ3v) is 3.97. The molecule has 1 unspecified atom stereocenters. The molecule has 0 aliphatic carbocycles. The highest BCUT2D eigenvalue weighted by molar-refractivity contribution is 5.79. The minimum atomic E-state index is -0.415. The Morgan fingerprint density at radius 3 is 3.08 bits per heavy atom. The molecule has 7 nitrogen and oxygen atoms in total. The normalized spacial score (nSPS) is 16.6. The van der Waals surface area contributed by atoms with Crippen LogP contribution in [-0.4, -0.2) is 34.1 Å². The van der Waals surface area contributed by atoms with Crippen LogP contribution in [0.3, 0.4) is 0 Å². The molecule has 1 aliphatic rings. The number of nitrogens with one attached hydrogen (secondary N) is 2. The number of benzene rings is 1. The minimum Gasteiger partial charge on any atom is -0.493 e. The number of aromatic amines is 1. The molecule has 1 aliphatic heterocycles. The Balaban J connectivity index is 1.56. The van der Waals surface area contributed by atoms with Crippen LogP contribution in [0.15, 0.2) is 35.1 Å². The average Bonchev–Trinajstić information content (AvgIpc) is 2.76. The summed E-state index contributed by atoms with van der Waals surface area (Å²) in [6, 6.07) is 8.75. The number of aromatic nitrogens is 2. The summed E-state index contributed by atoms with van der Waals surface area (Å²) in [6.07, 6.45) is 1.64. The second kappa shape index (κ2) is 7.16. The van der Waals surface area contributed by atoms with Crippen molar-refractivity contribution in [3.05, 3.63) is 52.1 Å². The van der Waals surface area contributed by atoms with Gasteiger partial charge in [0, 0.05) is 18.9 Å². The van der Waals surface area contributed by atoms with Crippen LogP contribution >= 0.6 is 0 Å². The fraction of sp³-hybridized carbons (Fsp3) is 0.353. The van der Waals surface area contributed by atoms with E-state index in [1.54, 1.807) is 0 Å². The van der Waals surface area contributed by atoms with E-state index < -0.39 is 5.56 Å². The van der Waals surface area contributed by atoms with Crippen LogP contribution in [0.4, 0.5) is 0 Å². The number of ether oxygens (including phenoxy) is 1. The van der Waals surface area contributed by atoms with Crippen molar-refractivity contribution in [3.8, 4) is 11.6 Å². The molecule has 0 spiro atoms. The molecule has 1 aromatic heterocycles. The predicted octanol–water partition coefficient (Wildman–Crippen LogP) is 0.776. The van der Waals surface area contributed by atoms with Gasteiger partial charge in [-0.15, -0.1) is 0 Å². The molecule has 7 heteroatoms. The van der Waals surface area contributed by atoms with Crippen molar-refractivity contribution >= 4 is 5.91 Å². The Morgan fingerprint density at radius 1 is 1.42 bits per heavy atom. The highest BCUT2D eigenvalue weighted by Gasteiger charge is 2.23. The minimum absolute atomic E-state index is 0.0437. The molecule has 2 aromatic rings. The first kappa shape index (κ1) is 16.0. The molecule has 3 rings (SSSR count). The Labute approximate surface area is 138 Å². The highest BCUT2D eigenvalue weighted by Crippen LogP contribution is 2.26. The fourth-order valence-electron chi connectivity index (χ4n) is 2.78. The van der Waals surface area contributed by atoms with Gasteiger partial charge >= 0.3 is 0 Å². The van der Waals surface area contributed by atoms with Gasteiger partial charge in [0.2, 0.25) is 11.8 Å². The number of aromatic hydroxyl groups is 1. The van der Waals surface area contributed by atoms with Crippen molar-refractivity contribution in [2.24, 2.45) is 5.92 Å². The number of amides is 1. The van der Waals surface area contributed by atoms with Crippen LogP contribution in [0.5, 0.6) is 11.6 Å². The lowest BCUT2D eigenvalue weighted by Crippen LogP contribution is -2.34. The largest absolute Gasteiger partial charge is 0.493 e. The Hall–Kier alpha value is -2.83. The molecular formula is C17H19N3O4. The third kappa shape index (κ3) is 3.92. The molecular weight excluding hydrogens is 310 g/mol. The number of nitrogens with zero attached hydrogens (tertiary/aromatic N) is 1. The maximum absolute atomic E-state index is 12.4. The van der Waals surface area contributed by atoms with Crippen LogP contribution in [0.1, 0.15) is 17.8 Å². The monoisotopic (exact) mass is 329 g/mol. The lowest BCUT2D eigenvalue weighted by atomic mass is 9.96. The van der Waals surface area contributed by atoms with E-state index in [-0.39, 0.29) is 17.7 Å². The Morgan fingerprint density at radius 2 is 2.25 bits per heavy atom. The summed E-state index contributed by atoms with van der Waals surface area (Å²) in [5.74, 6) is 0.671. The molecule has 0 radical (unpaired) electrons. The zero-order valence-corrected chi connectivity index (χ0v) is 13.1. The highest BCUT2D eigenvalue weighted by atomic mass is 16.5. The standard InChI is InChI=1S/C17H19N3O4/c21-15-10-16(22)20-14(19-15)5-7-18-17(23)12-6-8-24-13-4-2-1-3-11(13)9-12/h1-4,10,12H,5-9H2,(H,18,23)(H2,19,20,21,22). The van der Waals surface area contributed by atoms with Gasteiger partial charge in [-0.05, 0) is 24.5 Å². The molecule has 0 fully saturated rings. The van der Waals surface area contributed by atoms with Crippen LogP contribution in [-0.2, 0) is 17.6 Å². The van der Waals surface area contributed by atoms with E-state index in [9.17, 15) is 14.7 Å². The van der Waals surface area contributed by atoms with Crippen LogP contribution < -0.4 is 15.6 Å². The van der Waals surface area contributed by atoms with Crippen molar-refractivity contribution in [1.29, 1.82) is 0 Å². The van der Waals surface area contributed by atoms with E-state index in [1.165, 1.54) is 0 Å². The summed E-state index contributed by atoms with van der Waals surface area (Å²) in [6.45, 7) is 0.848. The zero-order valence-electron chi connectivity index (χ0n) is 13.1. The summed E-state index contributed by atoms with van der Waals surface area (Å²) in [5.41, 5.74) is 0.621. The summed E-state index contributed by atoms with van der Waals surface area (Å²) < 4.78 is 5.67. The molecule has 126 valence electrons. The lowest BCUT2D eigenvalue weighted by molar-refractivity contribution is -0.125. The molecule has 3 N–H and O–H groups in total. The number of fused-ring (bicyclic) bond motifs is 1. The maximum Gasteiger partial charge on any atom is 0.254 e. The van der Waals surface area contributed by atoms with E-state index in [4.69, 9.17) is 4.74 Å². The second-order valence-electron chi connectivity index (χ2n) is 5.74. The maximum atomic E-state index is 12.4. The Bertz CT molecular complexity index is 787. The number of para-hydroxylation sites is 1. The van der Waals surface area contributed by atoms with Gasteiger partial charge in [0.15, 0.2) is 0 Å². The molecule has 1 aromatic carbocycles. The average molecular weight is 329 g/mol. The van der Waals surface area contributed by atoms with Crippen molar-refractivity contribution in [2.45, 2.75) is 19.3 Å². The van der Waals surface area contributed by atoms with E-state index in [0.29, 0.717) is 38.2 Å². The first-order valence-corrected chi connectivity index (χ1v) is 7.89. The number of carbonyl (C=O) groups excluding carboxylic acids is 1. The van der Waals surface area contributed by atoms with E-state index in [2.05, 4.69) is 15.3 Å². The molecule has 0 bridgehead atoms. The summed E-state index contributed by atoms with van der Waals surface area (Å²) in [7, 11) is 0. The lowest BCUT2D eigenvalue weighted by Gasteiger charge is -2.13. The summed E-state index contributed by atoms with van der Waals surface area (Å²) >= 11 is 0. The van der Waals surface area contributed by atoms with Crippen molar-refractivity contribution in [3.63, 3.8) is 0 Å². The molecule has 2 heterocycles. The summed E-state index contributed by atoms with van der Waals surface area (Å²) in [4.78, 5) is 30.0. The third-order valence-electron chi connectivity index (χ3n) is 3.97. The topological polar surface area (TPSA) is 104 Å². The number of H-pyrrole nitrogens is 1. The van der Waals surface area contributed by atoms with Crippen molar-refractivity contribution < 1.29 is 14.6 Å². The van der Waals surface area contributed by atoms with Gasteiger partial charge < -0.3 is 20.1 Å². The number of hydrogen-bond donors (Lipinski definition) is 3. The second-order valence-corrected chi connectivity index (χ2v) is 5.74.